The van der Waals surface area contributed by atoms with Crippen LogP contribution in [0.1, 0.15) is 17.2 Å². The Kier molecular flexibility index (Phi) is 4.29. The second-order valence-corrected chi connectivity index (χ2v) is 8.71. The molecule has 3 aromatic rings. The van der Waals surface area contributed by atoms with Crippen molar-refractivity contribution in [2.24, 2.45) is 0 Å². The van der Waals surface area contributed by atoms with Crippen molar-refractivity contribution in [3.05, 3.63) is 76.8 Å². The summed E-state index contributed by atoms with van der Waals surface area (Å²) in [5.41, 5.74) is 0.312. The quantitative estimate of drug-likeness (QED) is 0.607. The zero-order valence-corrected chi connectivity index (χ0v) is 15.8. The van der Waals surface area contributed by atoms with E-state index in [1.807, 2.05) is 12.1 Å². The largest absolute Gasteiger partial charge is 0.354 e. The Bertz CT molecular complexity index is 1120. The normalized spacial score (nSPS) is 22.0. The predicted molar refractivity (Wildman–Crippen MR) is 96.5 cm³/mol. The van der Waals surface area contributed by atoms with Gasteiger partial charge in [-0.15, -0.1) is 0 Å². The third kappa shape index (κ3) is 3.24. The number of hydrogen-bond acceptors (Lipinski definition) is 5. The molecule has 4 rings (SSSR count). The summed E-state index contributed by atoms with van der Waals surface area (Å²) in [6.07, 6.45) is 1.76. The Balaban J connectivity index is 1.80. The SMILES string of the molecule is CS(=O)(=O)c1ncnn1CC1(c2cccc(F)c2)OC1c1ccccc1Cl. The summed E-state index contributed by atoms with van der Waals surface area (Å²) in [5.74, 6) is -0.415. The van der Waals surface area contributed by atoms with E-state index in [0.717, 1.165) is 11.8 Å². The van der Waals surface area contributed by atoms with E-state index < -0.39 is 27.4 Å². The first-order chi connectivity index (χ1) is 12.8. The van der Waals surface area contributed by atoms with Gasteiger partial charge in [0.15, 0.2) is 0 Å². The lowest BCUT2D eigenvalue weighted by Gasteiger charge is -2.15. The van der Waals surface area contributed by atoms with Crippen molar-refractivity contribution < 1.29 is 17.5 Å². The number of sulfone groups is 1. The number of rotatable bonds is 5. The average Bonchev–Trinajstić information content (AvgIpc) is 3.12. The molecule has 2 heterocycles. The zero-order valence-electron chi connectivity index (χ0n) is 14.2. The third-order valence-corrected chi connectivity index (χ3v) is 5.82. The van der Waals surface area contributed by atoms with Gasteiger partial charge in [-0.2, -0.15) is 5.10 Å². The summed E-state index contributed by atoms with van der Waals surface area (Å²) in [4.78, 5) is 3.83. The van der Waals surface area contributed by atoms with Gasteiger partial charge in [-0.25, -0.2) is 22.5 Å². The Morgan fingerprint density at radius 1 is 1.26 bits per heavy atom. The van der Waals surface area contributed by atoms with Crippen LogP contribution in [-0.4, -0.2) is 29.4 Å². The Morgan fingerprint density at radius 2 is 2.04 bits per heavy atom. The molecule has 2 aromatic carbocycles. The molecule has 0 saturated carbocycles. The molecular formula is C18H15ClFN3O3S. The first-order valence-electron chi connectivity index (χ1n) is 8.07. The van der Waals surface area contributed by atoms with Gasteiger partial charge >= 0.3 is 0 Å². The van der Waals surface area contributed by atoms with Gasteiger partial charge < -0.3 is 4.74 Å². The number of aromatic nitrogens is 3. The van der Waals surface area contributed by atoms with E-state index in [1.165, 1.54) is 23.1 Å². The van der Waals surface area contributed by atoms with E-state index in [9.17, 15) is 12.8 Å². The first kappa shape index (κ1) is 18.1. The lowest BCUT2D eigenvalue weighted by molar-refractivity contribution is 0.255. The van der Waals surface area contributed by atoms with Gasteiger partial charge in [0.1, 0.15) is 23.8 Å². The highest BCUT2D eigenvalue weighted by Gasteiger charge is 2.60. The van der Waals surface area contributed by atoms with E-state index in [0.29, 0.717) is 10.6 Å². The Morgan fingerprint density at radius 3 is 2.74 bits per heavy atom. The molecule has 1 fully saturated rings. The van der Waals surface area contributed by atoms with Crippen LogP contribution in [0.2, 0.25) is 5.02 Å². The minimum Gasteiger partial charge on any atom is -0.354 e. The van der Waals surface area contributed by atoms with Gasteiger partial charge in [-0.3, -0.25) is 0 Å². The monoisotopic (exact) mass is 407 g/mol. The van der Waals surface area contributed by atoms with Crippen LogP contribution in [-0.2, 0) is 26.7 Å². The van der Waals surface area contributed by atoms with Crippen molar-refractivity contribution in [2.45, 2.75) is 23.4 Å². The Labute approximate surface area is 160 Å². The van der Waals surface area contributed by atoms with Crippen LogP contribution >= 0.6 is 11.6 Å². The molecule has 0 amide bonds. The van der Waals surface area contributed by atoms with Crippen LogP contribution in [0.15, 0.2) is 60.0 Å². The van der Waals surface area contributed by atoms with Crippen LogP contribution in [0.4, 0.5) is 4.39 Å². The summed E-state index contributed by atoms with van der Waals surface area (Å²) in [7, 11) is -3.58. The summed E-state index contributed by atoms with van der Waals surface area (Å²) in [5, 5.41) is 4.37. The second-order valence-electron chi connectivity index (χ2n) is 6.39. The number of halogens is 2. The van der Waals surface area contributed by atoms with Gasteiger partial charge in [0.25, 0.3) is 0 Å². The molecule has 0 radical (unpaired) electrons. The van der Waals surface area contributed by atoms with Gasteiger partial charge in [0.05, 0.1) is 6.54 Å². The van der Waals surface area contributed by atoms with E-state index >= 15 is 0 Å². The lowest BCUT2D eigenvalue weighted by atomic mass is 9.91. The fraction of sp³-hybridized carbons (Fsp3) is 0.222. The second kappa shape index (κ2) is 6.40. The summed E-state index contributed by atoms with van der Waals surface area (Å²) in [6, 6.07) is 13.2. The van der Waals surface area contributed by atoms with Gasteiger partial charge in [0, 0.05) is 16.8 Å². The van der Waals surface area contributed by atoms with Crippen molar-refractivity contribution in [3.63, 3.8) is 0 Å². The van der Waals surface area contributed by atoms with Crippen LogP contribution in [0.3, 0.4) is 0 Å². The molecule has 1 aromatic heterocycles. The molecular weight excluding hydrogens is 393 g/mol. The maximum atomic E-state index is 13.9. The fourth-order valence-corrected chi connectivity index (χ4v) is 4.20. The maximum Gasteiger partial charge on any atom is 0.245 e. The maximum absolute atomic E-state index is 13.9. The number of ether oxygens (including phenoxy) is 1. The van der Waals surface area contributed by atoms with Crippen molar-refractivity contribution in [2.75, 3.05) is 6.26 Å². The molecule has 1 saturated heterocycles. The molecule has 0 bridgehead atoms. The van der Waals surface area contributed by atoms with E-state index in [1.54, 1.807) is 24.3 Å². The lowest BCUT2D eigenvalue weighted by Crippen LogP contribution is -2.23. The minimum absolute atomic E-state index is 0.0503. The molecule has 27 heavy (non-hydrogen) atoms. The molecule has 9 heteroatoms. The number of hydrogen-bond donors (Lipinski definition) is 0. The Hall–Kier alpha value is -2.29. The summed E-state index contributed by atoms with van der Waals surface area (Å²) in [6.45, 7) is 0.0503. The van der Waals surface area contributed by atoms with Gasteiger partial charge in [-0.05, 0) is 23.8 Å². The van der Waals surface area contributed by atoms with Crippen molar-refractivity contribution in [3.8, 4) is 0 Å². The van der Waals surface area contributed by atoms with Crippen LogP contribution in [0.25, 0.3) is 0 Å². The van der Waals surface area contributed by atoms with E-state index in [-0.39, 0.29) is 11.7 Å². The molecule has 1 aliphatic rings. The number of nitrogens with zero attached hydrogens (tertiary/aromatic N) is 3. The van der Waals surface area contributed by atoms with Crippen molar-refractivity contribution >= 4 is 21.4 Å². The number of benzene rings is 2. The predicted octanol–water partition coefficient (Wildman–Crippen LogP) is 3.14. The molecule has 0 aliphatic carbocycles. The molecule has 2 atom stereocenters. The van der Waals surface area contributed by atoms with Crippen molar-refractivity contribution in [1.82, 2.24) is 14.8 Å². The minimum atomic E-state index is -3.58. The smallest absolute Gasteiger partial charge is 0.245 e. The van der Waals surface area contributed by atoms with E-state index in [2.05, 4.69) is 10.1 Å². The van der Waals surface area contributed by atoms with Crippen LogP contribution in [0.5, 0.6) is 0 Å². The molecule has 2 unspecified atom stereocenters. The third-order valence-electron chi connectivity index (χ3n) is 4.49. The topological polar surface area (TPSA) is 77.4 Å². The van der Waals surface area contributed by atoms with Crippen molar-refractivity contribution in [1.29, 1.82) is 0 Å². The van der Waals surface area contributed by atoms with Gasteiger partial charge in [0.2, 0.25) is 15.0 Å². The zero-order chi connectivity index (χ0) is 19.2. The summed E-state index contributed by atoms with van der Waals surface area (Å²) >= 11 is 6.31. The van der Waals surface area contributed by atoms with E-state index in [4.69, 9.17) is 16.3 Å². The molecule has 0 N–H and O–H groups in total. The number of epoxide rings is 1. The molecule has 140 valence electrons. The van der Waals surface area contributed by atoms with Crippen LogP contribution in [0, 0.1) is 5.82 Å². The molecule has 1 aliphatic heterocycles. The van der Waals surface area contributed by atoms with Gasteiger partial charge in [-0.1, -0.05) is 41.9 Å². The molecule has 0 spiro atoms. The highest BCUT2D eigenvalue weighted by Crippen LogP contribution is 2.59. The highest BCUT2D eigenvalue weighted by molar-refractivity contribution is 7.90. The standard InChI is InChI=1S/C18H15ClFN3O3S/c1-27(24,25)17-21-11-22-23(17)10-18(12-5-4-6-13(20)9-12)16(26-18)14-7-2-3-8-15(14)19/h2-9,11,16H,10H2,1H3. The fourth-order valence-electron chi connectivity index (χ4n) is 3.23. The average molecular weight is 408 g/mol. The van der Waals surface area contributed by atoms with Crippen LogP contribution < -0.4 is 0 Å². The summed E-state index contributed by atoms with van der Waals surface area (Å²) < 4.78 is 45.1. The first-order valence-corrected chi connectivity index (χ1v) is 10.3. The highest BCUT2D eigenvalue weighted by atomic mass is 35.5. The molecule has 6 nitrogen and oxygen atoms in total.